The van der Waals surface area contributed by atoms with Gasteiger partial charge in [0.25, 0.3) is 0 Å². The highest BCUT2D eigenvalue weighted by atomic mass is 16.4. The van der Waals surface area contributed by atoms with E-state index in [2.05, 4.69) is 36.1 Å². The highest BCUT2D eigenvalue weighted by Crippen LogP contribution is 2.11. The van der Waals surface area contributed by atoms with Crippen LogP contribution in [0.2, 0.25) is 0 Å². The van der Waals surface area contributed by atoms with Crippen molar-refractivity contribution in [2.24, 2.45) is 0 Å². The first-order valence-corrected chi connectivity index (χ1v) is 7.12. The van der Waals surface area contributed by atoms with E-state index in [1.165, 1.54) is 0 Å². The van der Waals surface area contributed by atoms with E-state index < -0.39 is 5.97 Å². The lowest BCUT2D eigenvalue weighted by molar-refractivity contribution is 0.0696. The van der Waals surface area contributed by atoms with Crippen molar-refractivity contribution in [2.75, 3.05) is 25.5 Å². The number of aromatic nitrogens is 1. The molecule has 1 rings (SSSR count). The predicted octanol–water partition coefficient (Wildman–Crippen LogP) is 2.48. The Morgan fingerprint density at radius 3 is 2.70 bits per heavy atom. The lowest BCUT2D eigenvalue weighted by Crippen LogP contribution is -2.28. The van der Waals surface area contributed by atoms with Gasteiger partial charge in [-0.25, -0.2) is 9.78 Å². The third kappa shape index (κ3) is 5.17. The highest BCUT2D eigenvalue weighted by molar-refractivity contribution is 5.88. The van der Waals surface area contributed by atoms with Crippen LogP contribution in [0.4, 0.5) is 5.82 Å². The second-order valence-electron chi connectivity index (χ2n) is 5.25. The summed E-state index contributed by atoms with van der Waals surface area (Å²) in [6.07, 6.45) is 1.72. The third-order valence-electron chi connectivity index (χ3n) is 3.36. The molecule has 1 aromatic rings. The molecule has 0 unspecified atom stereocenters. The Hall–Kier alpha value is -1.62. The largest absolute Gasteiger partial charge is 0.478 e. The second-order valence-corrected chi connectivity index (χ2v) is 5.25. The quantitative estimate of drug-likeness (QED) is 0.716. The molecule has 0 saturated carbocycles. The smallest absolute Gasteiger partial charge is 0.335 e. The fourth-order valence-corrected chi connectivity index (χ4v) is 1.79. The van der Waals surface area contributed by atoms with E-state index in [1.54, 1.807) is 12.1 Å². The summed E-state index contributed by atoms with van der Waals surface area (Å²) in [4.78, 5) is 17.7. The van der Waals surface area contributed by atoms with Crippen molar-refractivity contribution < 1.29 is 9.90 Å². The van der Waals surface area contributed by atoms with Crippen LogP contribution in [0.15, 0.2) is 12.1 Å². The van der Waals surface area contributed by atoms with Gasteiger partial charge in [-0.3, -0.25) is 0 Å². The topological polar surface area (TPSA) is 65.5 Å². The maximum absolute atomic E-state index is 11.1. The van der Waals surface area contributed by atoms with Crippen LogP contribution in [-0.4, -0.2) is 47.1 Å². The van der Waals surface area contributed by atoms with Gasteiger partial charge in [0.15, 0.2) is 0 Å². The molecule has 0 atom stereocenters. The van der Waals surface area contributed by atoms with Crippen LogP contribution < -0.4 is 5.32 Å². The molecule has 5 nitrogen and oxygen atoms in total. The van der Waals surface area contributed by atoms with E-state index in [-0.39, 0.29) is 0 Å². The summed E-state index contributed by atoms with van der Waals surface area (Å²) in [5.41, 5.74) is 1.09. The van der Waals surface area contributed by atoms with Gasteiger partial charge in [0.05, 0.1) is 5.56 Å². The Labute approximate surface area is 121 Å². The maximum Gasteiger partial charge on any atom is 0.335 e. The number of pyridine rings is 1. The molecule has 0 spiro atoms. The number of hydrogen-bond donors (Lipinski definition) is 2. The lowest BCUT2D eigenvalue weighted by Gasteiger charge is -2.20. The van der Waals surface area contributed by atoms with Gasteiger partial charge in [-0.2, -0.15) is 0 Å². The van der Waals surface area contributed by atoms with Gasteiger partial charge in [0.2, 0.25) is 0 Å². The SMILES string of the molecule is CCc1cc(C(=O)O)cc(NCCCN(C)C(C)C)n1. The minimum atomic E-state index is -0.912. The Kier molecular flexibility index (Phi) is 6.45. The van der Waals surface area contributed by atoms with Crippen LogP contribution in [0.25, 0.3) is 0 Å². The number of carboxylic acid groups (broad SMARTS) is 1. The first kappa shape index (κ1) is 16.4. The molecule has 0 radical (unpaired) electrons. The van der Waals surface area contributed by atoms with Crippen LogP contribution in [0, 0.1) is 0 Å². The summed E-state index contributed by atoms with van der Waals surface area (Å²) in [6.45, 7) is 8.09. The van der Waals surface area contributed by atoms with Crippen LogP contribution in [0.5, 0.6) is 0 Å². The fraction of sp³-hybridized carbons (Fsp3) is 0.600. The summed E-state index contributed by atoms with van der Waals surface area (Å²) >= 11 is 0. The molecule has 5 heteroatoms. The third-order valence-corrected chi connectivity index (χ3v) is 3.36. The van der Waals surface area contributed by atoms with E-state index in [1.807, 2.05) is 6.92 Å². The summed E-state index contributed by atoms with van der Waals surface area (Å²) in [5, 5.41) is 12.3. The standard InChI is InChI=1S/C15H25N3O2/c1-5-13-9-12(15(19)20)10-14(17-13)16-7-6-8-18(4)11(2)3/h9-11H,5-8H2,1-4H3,(H,16,17)(H,19,20). The van der Waals surface area contributed by atoms with Gasteiger partial charge in [0.1, 0.15) is 5.82 Å². The molecule has 0 saturated heterocycles. The van der Waals surface area contributed by atoms with E-state index >= 15 is 0 Å². The van der Waals surface area contributed by atoms with Crippen LogP contribution in [0.3, 0.4) is 0 Å². The number of anilines is 1. The average molecular weight is 279 g/mol. The van der Waals surface area contributed by atoms with Crippen LogP contribution in [-0.2, 0) is 6.42 Å². The van der Waals surface area contributed by atoms with Crippen molar-refractivity contribution in [1.29, 1.82) is 0 Å². The molecule has 0 aliphatic heterocycles. The van der Waals surface area contributed by atoms with Crippen molar-refractivity contribution in [3.63, 3.8) is 0 Å². The molecule has 1 aromatic heterocycles. The molecular weight excluding hydrogens is 254 g/mol. The number of rotatable bonds is 8. The Morgan fingerprint density at radius 1 is 1.45 bits per heavy atom. The summed E-state index contributed by atoms with van der Waals surface area (Å²) in [6, 6.07) is 3.75. The van der Waals surface area contributed by atoms with Crippen molar-refractivity contribution in [3.8, 4) is 0 Å². The summed E-state index contributed by atoms with van der Waals surface area (Å²) in [7, 11) is 2.10. The predicted molar refractivity (Wildman–Crippen MR) is 81.4 cm³/mol. The molecule has 2 N–H and O–H groups in total. The van der Waals surface area contributed by atoms with Crippen molar-refractivity contribution in [3.05, 3.63) is 23.4 Å². The highest BCUT2D eigenvalue weighted by Gasteiger charge is 2.08. The number of hydrogen-bond acceptors (Lipinski definition) is 4. The number of nitrogens with one attached hydrogen (secondary N) is 1. The number of carbonyl (C=O) groups is 1. The van der Waals surface area contributed by atoms with Gasteiger partial charge < -0.3 is 15.3 Å². The van der Waals surface area contributed by atoms with E-state index in [0.29, 0.717) is 17.4 Å². The van der Waals surface area contributed by atoms with Gasteiger partial charge >= 0.3 is 5.97 Å². The van der Waals surface area contributed by atoms with E-state index in [0.717, 1.165) is 31.6 Å². The monoisotopic (exact) mass is 279 g/mol. The number of nitrogens with zero attached hydrogens (tertiary/aromatic N) is 2. The first-order chi connectivity index (χ1) is 9.43. The van der Waals surface area contributed by atoms with Gasteiger partial charge in [-0.15, -0.1) is 0 Å². The maximum atomic E-state index is 11.1. The second kappa shape index (κ2) is 7.85. The lowest BCUT2D eigenvalue weighted by atomic mass is 10.2. The Morgan fingerprint density at radius 2 is 2.15 bits per heavy atom. The van der Waals surface area contributed by atoms with E-state index in [4.69, 9.17) is 5.11 Å². The first-order valence-electron chi connectivity index (χ1n) is 7.12. The number of aryl methyl sites for hydroxylation is 1. The molecule has 0 aromatic carbocycles. The molecule has 0 aliphatic rings. The van der Waals surface area contributed by atoms with Gasteiger partial charge in [-0.05, 0) is 52.4 Å². The number of aromatic carboxylic acids is 1. The fourth-order valence-electron chi connectivity index (χ4n) is 1.79. The van der Waals surface area contributed by atoms with Gasteiger partial charge in [0, 0.05) is 18.3 Å². The minimum Gasteiger partial charge on any atom is -0.478 e. The van der Waals surface area contributed by atoms with Crippen LogP contribution in [0.1, 0.15) is 43.2 Å². The molecule has 1 heterocycles. The normalized spacial score (nSPS) is 11.1. The molecule has 20 heavy (non-hydrogen) atoms. The molecule has 0 amide bonds. The zero-order valence-corrected chi connectivity index (χ0v) is 12.8. The van der Waals surface area contributed by atoms with E-state index in [9.17, 15) is 4.79 Å². The molecule has 0 fully saturated rings. The Bertz CT molecular complexity index is 447. The van der Waals surface area contributed by atoms with Crippen molar-refractivity contribution >= 4 is 11.8 Å². The summed E-state index contributed by atoms with van der Waals surface area (Å²) < 4.78 is 0. The minimum absolute atomic E-state index is 0.290. The van der Waals surface area contributed by atoms with Crippen molar-refractivity contribution in [1.82, 2.24) is 9.88 Å². The van der Waals surface area contributed by atoms with Crippen LogP contribution >= 0.6 is 0 Å². The Balaban J connectivity index is 2.55. The molecule has 112 valence electrons. The molecule has 0 aliphatic carbocycles. The zero-order valence-electron chi connectivity index (χ0n) is 12.8. The summed E-state index contributed by atoms with van der Waals surface area (Å²) in [5.74, 6) is -0.265. The van der Waals surface area contributed by atoms with Gasteiger partial charge in [-0.1, -0.05) is 6.92 Å². The van der Waals surface area contributed by atoms with Crippen molar-refractivity contribution in [2.45, 2.75) is 39.7 Å². The average Bonchev–Trinajstić information content (AvgIpc) is 2.42. The zero-order chi connectivity index (χ0) is 15.1. The number of carboxylic acids is 1. The molecule has 0 bridgehead atoms. The molecular formula is C15H25N3O2.